The van der Waals surface area contributed by atoms with Gasteiger partial charge in [0.2, 0.25) is 0 Å². The van der Waals surface area contributed by atoms with Gasteiger partial charge in [0.15, 0.2) is 0 Å². The maximum absolute atomic E-state index is 12.0. The Morgan fingerprint density at radius 2 is 2.00 bits per heavy atom. The number of benzene rings is 1. The SMILES string of the molecule is CC(C)(C)CC(CNC(=O)c1ccc(Br)c(N)c1)C(=O)O. The predicted octanol–water partition coefficient (Wildman–Crippen LogP) is 2.90. The number of rotatable bonds is 5. The third-order valence-corrected chi connectivity index (χ3v) is 3.70. The summed E-state index contributed by atoms with van der Waals surface area (Å²) in [5.41, 5.74) is 6.49. The van der Waals surface area contributed by atoms with Gasteiger partial charge in [0.25, 0.3) is 5.91 Å². The number of anilines is 1. The lowest BCUT2D eigenvalue weighted by molar-refractivity contribution is -0.142. The van der Waals surface area contributed by atoms with Gasteiger partial charge in [-0.1, -0.05) is 20.8 Å². The summed E-state index contributed by atoms with van der Waals surface area (Å²) in [6.45, 7) is 6.02. The fourth-order valence-corrected chi connectivity index (χ4v) is 2.24. The zero-order chi connectivity index (χ0) is 16.2. The first-order valence-electron chi connectivity index (χ1n) is 6.66. The molecule has 116 valence electrons. The number of carbonyl (C=O) groups is 2. The molecule has 1 aromatic rings. The van der Waals surface area contributed by atoms with Crippen LogP contribution in [0.25, 0.3) is 0 Å². The molecule has 0 aromatic heterocycles. The molecule has 1 atom stereocenters. The van der Waals surface area contributed by atoms with Crippen LogP contribution in [-0.2, 0) is 4.79 Å². The molecule has 1 aromatic carbocycles. The van der Waals surface area contributed by atoms with Crippen molar-refractivity contribution in [3.05, 3.63) is 28.2 Å². The van der Waals surface area contributed by atoms with Gasteiger partial charge < -0.3 is 16.2 Å². The number of nitrogens with two attached hydrogens (primary N) is 1. The summed E-state index contributed by atoms with van der Waals surface area (Å²) in [4.78, 5) is 23.3. The van der Waals surface area contributed by atoms with Gasteiger partial charge in [-0.3, -0.25) is 9.59 Å². The molecule has 1 rings (SSSR count). The van der Waals surface area contributed by atoms with Crippen molar-refractivity contribution in [1.29, 1.82) is 0 Å². The fourth-order valence-electron chi connectivity index (χ4n) is 1.99. The van der Waals surface area contributed by atoms with Gasteiger partial charge in [-0.05, 0) is 46.0 Å². The van der Waals surface area contributed by atoms with Gasteiger partial charge in [-0.25, -0.2) is 0 Å². The van der Waals surface area contributed by atoms with Crippen LogP contribution in [0.4, 0.5) is 5.69 Å². The molecule has 21 heavy (non-hydrogen) atoms. The number of aliphatic carboxylic acids is 1. The molecule has 4 N–H and O–H groups in total. The quantitative estimate of drug-likeness (QED) is 0.707. The second-order valence-electron chi connectivity index (χ2n) is 6.25. The summed E-state index contributed by atoms with van der Waals surface area (Å²) < 4.78 is 0.718. The molecule has 0 saturated heterocycles. The number of halogens is 1. The molecule has 0 spiro atoms. The molecule has 0 bridgehead atoms. The highest BCUT2D eigenvalue weighted by molar-refractivity contribution is 9.10. The van der Waals surface area contributed by atoms with Gasteiger partial charge in [-0.15, -0.1) is 0 Å². The number of amides is 1. The molecule has 0 aliphatic heterocycles. The lowest BCUT2D eigenvalue weighted by Gasteiger charge is -2.23. The van der Waals surface area contributed by atoms with Gasteiger partial charge in [0, 0.05) is 22.3 Å². The molecule has 0 saturated carbocycles. The molecular weight excluding hydrogens is 336 g/mol. The third-order valence-electron chi connectivity index (χ3n) is 2.98. The van der Waals surface area contributed by atoms with Gasteiger partial charge >= 0.3 is 5.97 Å². The monoisotopic (exact) mass is 356 g/mol. The zero-order valence-corrected chi connectivity index (χ0v) is 14.0. The minimum atomic E-state index is -0.902. The van der Waals surface area contributed by atoms with Crippen LogP contribution in [0.1, 0.15) is 37.6 Å². The van der Waals surface area contributed by atoms with Crippen LogP contribution >= 0.6 is 15.9 Å². The summed E-state index contributed by atoms with van der Waals surface area (Å²) in [5, 5.41) is 11.9. The van der Waals surface area contributed by atoms with Crippen LogP contribution in [0.3, 0.4) is 0 Å². The van der Waals surface area contributed by atoms with Crippen LogP contribution in [-0.4, -0.2) is 23.5 Å². The molecule has 0 heterocycles. The fraction of sp³-hybridized carbons (Fsp3) is 0.467. The molecule has 6 heteroatoms. The smallest absolute Gasteiger partial charge is 0.308 e. The molecule has 1 amide bonds. The number of hydrogen-bond donors (Lipinski definition) is 3. The van der Waals surface area contributed by atoms with E-state index in [0.29, 0.717) is 17.7 Å². The van der Waals surface area contributed by atoms with Crippen LogP contribution in [0.5, 0.6) is 0 Å². The van der Waals surface area contributed by atoms with Crippen molar-refractivity contribution < 1.29 is 14.7 Å². The Kier molecular flexibility index (Phi) is 5.78. The van der Waals surface area contributed by atoms with Crippen LogP contribution < -0.4 is 11.1 Å². The Hall–Kier alpha value is -1.56. The van der Waals surface area contributed by atoms with E-state index in [-0.39, 0.29) is 17.9 Å². The number of carboxylic acid groups (broad SMARTS) is 1. The van der Waals surface area contributed by atoms with E-state index < -0.39 is 11.9 Å². The number of carbonyl (C=O) groups excluding carboxylic acids is 1. The van der Waals surface area contributed by atoms with Crippen molar-refractivity contribution in [2.45, 2.75) is 27.2 Å². The van der Waals surface area contributed by atoms with Crippen molar-refractivity contribution in [3.8, 4) is 0 Å². The van der Waals surface area contributed by atoms with E-state index in [1.165, 1.54) is 0 Å². The minimum absolute atomic E-state index is 0.0986. The van der Waals surface area contributed by atoms with Crippen molar-refractivity contribution in [1.82, 2.24) is 5.32 Å². The molecule has 0 fully saturated rings. The van der Waals surface area contributed by atoms with Gasteiger partial charge in [0.1, 0.15) is 0 Å². The first kappa shape index (κ1) is 17.5. The van der Waals surface area contributed by atoms with Crippen molar-refractivity contribution in [2.24, 2.45) is 11.3 Å². The summed E-state index contributed by atoms with van der Waals surface area (Å²) >= 11 is 3.26. The van der Waals surface area contributed by atoms with Crippen molar-refractivity contribution >= 4 is 33.5 Å². The van der Waals surface area contributed by atoms with Crippen LogP contribution in [0, 0.1) is 11.3 Å². The lowest BCUT2D eigenvalue weighted by atomic mass is 9.84. The van der Waals surface area contributed by atoms with E-state index in [1.807, 2.05) is 20.8 Å². The lowest BCUT2D eigenvalue weighted by Crippen LogP contribution is -2.35. The number of hydrogen-bond acceptors (Lipinski definition) is 3. The zero-order valence-electron chi connectivity index (χ0n) is 12.4. The van der Waals surface area contributed by atoms with E-state index in [9.17, 15) is 14.7 Å². The summed E-state index contributed by atoms with van der Waals surface area (Å²) in [6.07, 6.45) is 0.491. The summed E-state index contributed by atoms with van der Waals surface area (Å²) in [6, 6.07) is 4.88. The first-order valence-corrected chi connectivity index (χ1v) is 7.45. The largest absolute Gasteiger partial charge is 0.481 e. The standard InChI is InChI=1S/C15H21BrN2O3/c1-15(2,3)7-10(14(20)21)8-18-13(19)9-4-5-11(16)12(17)6-9/h4-6,10H,7-8,17H2,1-3H3,(H,18,19)(H,20,21). The Bertz CT molecular complexity index is 538. The number of carboxylic acids is 1. The topological polar surface area (TPSA) is 92.4 Å². The Balaban J connectivity index is 2.69. The third kappa shape index (κ3) is 5.75. The highest BCUT2D eigenvalue weighted by Crippen LogP contribution is 2.24. The normalized spacial score (nSPS) is 12.8. The van der Waals surface area contributed by atoms with Crippen molar-refractivity contribution in [2.75, 3.05) is 12.3 Å². The number of nitrogen functional groups attached to an aromatic ring is 1. The van der Waals surface area contributed by atoms with Crippen LogP contribution in [0.2, 0.25) is 0 Å². The highest BCUT2D eigenvalue weighted by Gasteiger charge is 2.25. The van der Waals surface area contributed by atoms with E-state index in [2.05, 4.69) is 21.2 Å². The van der Waals surface area contributed by atoms with Crippen LogP contribution in [0.15, 0.2) is 22.7 Å². The average molecular weight is 357 g/mol. The van der Waals surface area contributed by atoms with Crippen molar-refractivity contribution in [3.63, 3.8) is 0 Å². The molecule has 0 aliphatic carbocycles. The van der Waals surface area contributed by atoms with E-state index >= 15 is 0 Å². The Morgan fingerprint density at radius 1 is 1.38 bits per heavy atom. The van der Waals surface area contributed by atoms with Gasteiger partial charge in [0.05, 0.1) is 5.92 Å². The predicted molar refractivity (Wildman–Crippen MR) is 86.1 cm³/mol. The van der Waals surface area contributed by atoms with E-state index in [4.69, 9.17) is 5.73 Å². The maximum atomic E-state index is 12.0. The minimum Gasteiger partial charge on any atom is -0.481 e. The summed E-state index contributed by atoms with van der Waals surface area (Å²) in [7, 11) is 0. The molecule has 5 nitrogen and oxygen atoms in total. The molecule has 1 unspecified atom stereocenters. The molecular formula is C15H21BrN2O3. The maximum Gasteiger partial charge on any atom is 0.308 e. The Morgan fingerprint density at radius 3 is 2.48 bits per heavy atom. The first-order chi connectivity index (χ1) is 9.60. The molecule has 0 radical (unpaired) electrons. The summed E-state index contributed by atoms with van der Waals surface area (Å²) in [5.74, 6) is -1.84. The Labute approximate surface area is 133 Å². The van der Waals surface area contributed by atoms with Gasteiger partial charge in [-0.2, -0.15) is 0 Å². The second-order valence-corrected chi connectivity index (χ2v) is 7.10. The van der Waals surface area contributed by atoms with E-state index in [1.54, 1.807) is 18.2 Å². The number of nitrogens with one attached hydrogen (secondary N) is 1. The second kappa shape index (κ2) is 6.93. The van der Waals surface area contributed by atoms with E-state index in [0.717, 1.165) is 4.47 Å². The highest BCUT2D eigenvalue weighted by atomic mass is 79.9. The average Bonchev–Trinajstić information content (AvgIpc) is 2.35. The molecule has 0 aliphatic rings.